The Kier molecular flexibility index (Phi) is 4.35. The minimum atomic E-state index is -0.0888. The fraction of sp³-hybridized carbons (Fsp3) is 0.250. The molecule has 3 heterocycles. The number of hydrogen-bond donors (Lipinski definition) is 0. The van der Waals surface area contributed by atoms with Crippen molar-refractivity contribution in [3.63, 3.8) is 0 Å². The van der Waals surface area contributed by atoms with E-state index in [9.17, 15) is 9.59 Å². The number of nitrogens with zero attached hydrogens (tertiary/aromatic N) is 4. The van der Waals surface area contributed by atoms with E-state index in [0.717, 1.165) is 29.4 Å². The maximum absolute atomic E-state index is 13.6. The molecule has 1 aliphatic rings. The van der Waals surface area contributed by atoms with Crippen LogP contribution in [0.25, 0.3) is 21.8 Å². The Morgan fingerprint density at radius 1 is 0.867 bits per heavy atom. The molecule has 1 aliphatic heterocycles. The second-order valence-corrected chi connectivity index (χ2v) is 7.87. The molecule has 2 aromatic carbocycles. The minimum absolute atomic E-state index is 0.0142. The summed E-state index contributed by atoms with van der Waals surface area (Å²) in [5.74, 6) is -0.0142. The van der Waals surface area contributed by atoms with Gasteiger partial charge in [-0.1, -0.05) is 36.4 Å². The van der Waals surface area contributed by atoms with Gasteiger partial charge in [-0.3, -0.25) is 9.59 Å². The Balaban J connectivity index is 1.54. The molecule has 6 heteroatoms. The number of hydrogen-bond acceptors (Lipinski definition) is 3. The number of aromatic nitrogens is 2. The molecule has 0 saturated carbocycles. The minimum Gasteiger partial charge on any atom is -0.368 e. The quantitative estimate of drug-likeness (QED) is 0.520. The molecule has 1 amide bonds. The molecule has 1 saturated heterocycles. The Morgan fingerprint density at radius 2 is 1.53 bits per heavy atom. The molecule has 5 rings (SSSR count). The van der Waals surface area contributed by atoms with E-state index in [1.807, 2.05) is 59.0 Å². The second kappa shape index (κ2) is 7.06. The number of fused-ring (bicyclic) bond motifs is 3. The van der Waals surface area contributed by atoms with Crippen LogP contribution < -0.4 is 10.5 Å². The molecular formula is C24H24N4O2. The van der Waals surface area contributed by atoms with Gasteiger partial charge in [0.25, 0.3) is 11.5 Å². The van der Waals surface area contributed by atoms with Gasteiger partial charge in [-0.25, -0.2) is 0 Å². The smallest absolute Gasteiger partial charge is 0.274 e. The van der Waals surface area contributed by atoms with Crippen LogP contribution in [-0.4, -0.2) is 46.1 Å². The highest BCUT2D eigenvalue weighted by atomic mass is 16.2. The Labute approximate surface area is 174 Å². The van der Waals surface area contributed by atoms with Crippen molar-refractivity contribution in [1.29, 1.82) is 0 Å². The normalized spacial score (nSPS) is 14.6. The molecule has 0 N–H and O–H groups in total. The number of anilines is 1. The molecule has 30 heavy (non-hydrogen) atoms. The van der Waals surface area contributed by atoms with E-state index in [-0.39, 0.29) is 11.5 Å². The molecule has 0 radical (unpaired) electrons. The first-order valence-corrected chi connectivity index (χ1v) is 10.2. The van der Waals surface area contributed by atoms with Gasteiger partial charge < -0.3 is 18.9 Å². The molecule has 4 aromatic rings. The van der Waals surface area contributed by atoms with E-state index in [0.29, 0.717) is 24.2 Å². The van der Waals surface area contributed by atoms with E-state index in [1.54, 1.807) is 13.2 Å². The van der Waals surface area contributed by atoms with Crippen molar-refractivity contribution in [3.8, 4) is 0 Å². The first-order chi connectivity index (χ1) is 14.6. The maximum Gasteiger partial charge on any atom is 0.274 e. The average molecular weight is 400 g/mol. The molecule has 0 aliphatic carbocycles. The summed E-state index contributed by atoms with van der Waals surface area (Å²) in [6.07, 6.45) is 1.70. The number of carbonyl (C=O) groups is 1. The SMILES string of the molecule is Cn1cc(C(=O)N2CCN(c3ccccc3)CC2)c2c3ccccc3n(C)c2c1=O. The van der Waals surface area contributed by atoms with Crippen LogP contribution in [0, 0.1) is 0 Å². The van der Waals surface area contributed by atoms with Crippen LogP contribution in [0.15, 0.2) is 65.6 Å². The van der Waals surface area contributed by atoms with Crippen molar-refractivity contribution in [2.45, 2.75) is 0 Å². The summed E-state index contributed by atoms with van der Waals surface area (Å²) in [7, 11) is 3.60. The number of rotatable bonds is 2. The van der Waals surface area contributed by atoms with E-state index in [2.05, 4.69) is 17.0 Å². The topological polar surface area (TPSA) is 50.5 Å². The zero-order chi connectivity index (χ0) is 20.8. The zero-order valence-electron chi connectivity index (χ0n) is 17.2. The Hall–Kier alpha value is -3.54. The molecule has 0 bridgehead atoms. The summed E-state index contributed by atoms with van der Waals surface area (Å²) in [6.45, 7) is 2.89. The van der Waals surface area contributed by atoms with Crippen LogP contribution in [-0.2, 0) is 14.1 Å². The highest BCUT2D eigenvalue weighted by molar-refractivity contribution is 6.17. The lowest BCUT2D eigenvalue weighted by molar-refractivity contribution is 0.0748. The number of para-hydroxylation sites is 2. The molecule has 1 fully saturated rings. The number of amides is 1. The van der Waals surface area contributed by atoms with E-state index < -0.39 is 0 Å². The Bertz CT molecular complexity index is 1310. The van der Waals surface area contributed by atoms with Gasteiger partial charge in [-0.2, -0.15) is 0 Å². The van der Waals surface area contributed by atoms with Gasteiger partial charge in [0.15, 0.2) is 0 Å². The first kappa shape index (κ1) is 18.5. The van der Waals surface area contributed by atoms with Crippen molar-refractivity contribution < 1.29 is 4.79 Å². The lowest BCUT2D eigenvalue weighted by Crippen LogP contribution is -2.49. The summed E-state index contributed by atoms with van der Waals surface area (Å²) in [5.41, 5.74) is 3.22. The van der Waals surface area contributed by atoms with Crippen LogP contribution in [0.5, 0.6) is 0 Å². The van der Waals surface area contributed by atoms with Crippen LogP contribution in [0.1, 0.15) is 10.4 Å². The summed E-state index contributed by atoms with van der Waals surface area (Å²) in [5, 5.41) is 1.70. The highest BCUT2D eigenvalue weighted by Gasteiger charge is 2.26. The summed E-state index contributed by atoms with van der Waals surface area (Å²) < 4.78 is 3.42. The summed E-state index contributed by atoms with van der Waals surface area (Å²) in [6, 6.07) is 18.2. The maximum atomic E-state index is 13.6. The van der Waals surface area contributed by atoms with Crippen LogP contribution in [0.3, 0.4) is 0 Å². The Morgan fingerprint density at radius 3 is 2.27 bits per heavy atom. The third-order valence-corrected chi connectivity index (χ3v) is 6.14. The van der Waals surface area contributed by atoms with Gasteiger partial charge in [0, 0.05) is 68.4 Å². The van der Waals surface area contributed by atoms with Gasteiger partial charge >= 0.3 is 0 Å². The average Bonchev–Trinajstić information content (AvgIpc) is 3.09. The van der Waals surface area contributed by atoms with E-state index in [4.69, 9.17) is 0 Å². The summed E-state index contributed by atoms with van der Waals surface area (Å²) in [4.78, 5) is 30.6. The third kappa shape index (κ3) is 2.79. The number of carbonyl (C=O) groups excluding carboxylic acids is 1. The van der Waals surface area contributed by atoms with Gasteiger partial charge in [-0.15, -0.1) is 0 Å². The standard InChI is InChI=1S/C24H24N4O2/c1-25-16-19(21-18-10-6-7-11-20(18)26(2)22(21)24(25)30)23(29)28-14-12-27(13-15-28)17-8-4-3-5-9-17/h3-11,16H,12-15H2,1-2H3. The second-order valence-electron chi connectivity index (χ2n) is 7.87. The van der Waals surface area contributed by atoms with Gasteiger partial charge in [-0.05, 0) is 18.2 Å². The molecule has 0 atom stereocenters. The van der Waals surface area contributed by atoms with Crippen LogP contribution in [0.4, 0.5) is 5.69 Å². The number of pyridine rings is 1. The molecular weight excluding hydrogens is 376 g/mol. The number of aryl methyl sites for hydroxylation is 2. The monoisotopic (exact) mass is 400 g/mol. The molecule has 152 valence electrons. The van der Waals surface area contributed by atoms with Gasteiger partial charge in [0.1, 0.15) is 5.52 Å². The molecule has 2 aromatic heterocycles. The third-order valence-electron chi connectivity index (χ3n) is 6.14. The van der Waals surface area contributed by atoms with Crippen molar-refractivity contribution in [2.75, 3.05) is 31.1 Å². The molecule has 0 unspecified atom stereocenters. The lowest BCUT2D eigenvalue weighted by atomic mass is 10.1. The van der Waals surface area contributed by atoms with Gasteiger partial charge in [0.2, 0.25) is 0 Å². The fourth-order valence-electron chi connectivity index (χ4n) is 4.54. The molecule has 6 nitrogen and oxygen atoms in total. The largest absolute Gasteiger partial charge is 0.368 e. The lowest BCUT2D eigenvalue weighted by Gasteiger charge is -2.36. The predicted octanol–water partition coefficient (Wildman–Crippen LogP) is 2.99. The number of benzene rings is 2. The van der Waals surface area contributed by atoms with Crippen molar-refractivity contribution in [1.82, 2.24) is 14.0 Å². The van der Waals surface area contributed by atoms with Crippen molar-refractivity contribution in [3.05, 3.63) is 76.7 Å². The first-order valence-electron chi connectivity index (χ1n) is 10.2. The van der Waals surface area contributed by atoms with Crippen molar-refractivity contribution in [2.24, 2.45) is 14.1 Å². The molecule has 0 spiro atoms. The van der Waals surface area contributed by atoms with Crippen molar-refractivity contribution >= 4 is 33.4 Å². The van der Waals surface area contributed by atoms with Crippen LogP contribution in [0.2, 0.25) is 0 Å². The highest BCUT2D eigenvalue weighted by Crippen LogP contribution is 2.29. The summed E-state index contributed by atoms with van der Waals surface area (Å²) >= 11 is 0. The fourth-order valence-corrected chi connectivity index (χ4v) is 4.54. The zero-order valence-corrected chi connectivity index (χ0v) is 17.2. The van der Waals surface area contributed by atoms with E-state index in [1.165, 1.54) is 10.3 Å². The van der Waals surface area contributed by atoms with Gasteiger partial charge in [0.05, 0.1) is 5.56 Å². The van der Waals surface area contributed by atoms with E-state index >= 15 is 0 Å². The van der Waals surface area contributed by atoms with Crippen LogP contribution >= 0.6 is 0 Å². The number of piperazine rings is 1. The predicted molar refractivity (Wildman–Crippen MR) is 120 cm³/mol.